The van der Waals surface area contributed by atoms with Gasteiger partial charge in [-0.25, -0.2) is 4.99 Å². The van der Waals surface area contributed by atoms with Crippen molar-refractivity contribution in [1.29, 1.82) is 5.26 Å². The van der Waals surface area contributed by atoms with Crippen LogP contribution in [0.1, 0.15) is 45.7 Å². The molecule has 1 aliphatic heterocycles. The summed E-state index contributed by atoms with van der Waals surface area (Å²) in [5, 5.41) is 19.1. The van der Waals surface area contributed by atoms with E-state index in [1.54, 1.807) is 23.1 Å². The first-order valence-electron chi connectivity index (χ1n) is 10.4. The molecule has 1 fully saturated rings. The Bertz CT molecular complexity index is 1160. The average molecular weight is 491 g/mol. The number of halogens is 3. The van der Waals surface area contributed by atoms with Crippen LogP contribution in [0.3, 0.4) is 0 Å². The van der Waals surface area contributed by atoms with Gasteiger partial charge in [-0.1, -0.05) is 0 Å². The van der Waals surface area contributed by atoms with Gasteiger partial charge in [0.15, 0.2) is 5.11 Å². The monoisotopic (exact) mass is 490 g/mol. The molecule has 0 unspecified atom stereocenters. The number of hydrogen-bond donors (Lipinski definition) is 1. The number of amidine groups is 1. The molecule has 1 N–H and O–H groups in total. The fraction of sp³-hybridized carbons (Fsp3) is 0.375. The van der Waals surface area contributed by atoms with Gasteiger partial charge >= 0.3 is 6.18 Å². The molecule has 2 aromatic rings. The van der Waals surface area contributed by atoms with Crippen LogP contribution >= 0.6 is 12.2 Å². The number of phenolic OH excluding ortho intramolecular Hbond substituents is 1. The van der Waals surface area contributed by atoms with E-state index in [4.69, 9.17) is 17.0 Å². The van der Waals surface area contributed by atoms with E-state index in [1.165, 1.54) is 23.1 Å². The predicted octanol–water partition coefficient (Wildman–Crippen LogP) is 5.84. The van der Waals surface area contributed by atoms with Crippen LogP contribution in [0, 0.1) is 11.3 Å². The summed E-state index contributed by atoms with van der Waals surface area (Å²) in [7, 11) is 0. The molecule has 0 aromatic heterocycles. The first-order chi connectivity index (χ1) is 15.7. The van der Waals surface area contributed by atoms with Gasteiger partial charge in [-0.3, -0.25) is 4.90 Å². The number of anilines is 2. The second-order valence-electron chi connectivity index (χ2n) is 9.24. The number of nitrogens with zero attached hydrogens (tertiary/aromatic N) is 4. The molecule has 0 saturated carbocycles. The van der Waals surface area contributed by atoms with Crippen molar-refractivity contribution in [2.24, 2.45) is 4.99 Å². The molecular formula is C24H25F3N4O2S. The summed E-state index contributed by atoms with van der Waals surface area (Å²) >= 11 is 5.73. The molecule has 2 aromatic carbocycles. The molecule has 3 rings (SSSR count). The van der Waals surface area contributed by atoms with Crippen molar-refractivity contribution in [3.63, 3.8) is 0 Å². The van der Waals surface area contributed by atoms with E-state index in [1.807, 2.05) is 34.6 Å². The summed E-state index contributed by atoms with van der Waals surface area (Å²) in [4.78, 5) is 7.81. The zero-order valence-electron chi connectivity index (χ0n) is 19.4. The van der Waals surface area contributed by atoms with Gasteiger partial charge in [0.2, 0.25) is 0 Å². The molecule has 180 valence electrons. The van der Waals surface area contributed by atoms with Crippen molar-refractivity contribution < 1.29 is 23.0 Å². The van der Waals surface area contributed by atoms with Crippen LogP contribution in [-0.2, 0) is 10.9 Å². The predicted molar refractivity (Wildman–Crippen MR) is 129 cm³/mol. The Morgan fingerprint density at radius 3 is 2.21 bits per heavy atom. The van der Waals surface area contributed by atoms with Crippen LogP contribution in [-0.4, -0.2) is 33.9 Å². The number of hydrogen-bond acceptors (Lipinski definition) is 5. The Labute approximate surface area is 201 Å². The number of aliphatic imine (C=N–C) groups is 1. The fourth-order valence-corrected chi connectivity index (χ4v) is 4.15. The van der Waals surface area contributed by atoms with Gasteiger partial charge in [0.25, 0.3) is 0 Å². The quantitative estimate of drug-likeness (QED) is 0.543. The van der Waals surface area contributed by atoms with Gasteiger partial charge in [0.05, 0.1) is 34.0 Å². The van der Waals surface area contributed by atoms with Gasteiger partial charge in [-0.05, 0) is 89.3 Å². The van der Waals surface area contributed by atoms with Gasteiger partial charge in [0.1, 0.15) is 18.3 Å². The molecular weight excluding hydrogens is 465 g/mol. The topological polar surface area (TPSA) is 72.1 Å². The summed E-state index contributed by atoms with van der Waals surface area (Å²) in [5.74, 6) is 0.450. The smallest absolute Gasteiger partial charge is 0.417 e. The summed E-state index contributed by atoms with van der Waals surface area (Å²) < 4.78 is 46.8. The zero-order chi connectivity index (χ0) is 25.5. The third-order valence-electron chi connectivity index (χ3n) is 5.21. The van der Waals surface area contributed by atoms with Crippen molar-refractivity contribution >= 4 is 34.5 Å². The van der Waals surface area contributed by atoms with Crippen LogP contribution in [0.5, 0.6) is 5.75 Å². The number of benzene rings is 2. The Kier molecular flexibility index (Phi) is 6.66. The summed E-state index contributed by atoms with van der Waals surface area (Å²) in [6.45, 7) is 9.26. The molecule has 10 heteroatoms. The number of ether oxygens (including phenoxy) is 1. The molecule has 0 spiro atoms. The number of rotatable bonds is 4. The molecule has 0 bridgehead atoms. The lowest BCUT2D eigenvalue weighted by molar-refractivity contribution is -0.137. The maximum absolute atomic E-state index is 13.7. The summed E-state index contributed by atoms with van der Waals surface area (Å²) in [6, 6.07) is 11.4. The Balaban J connectivity index is 2.18. The lowest BCUT2D eigenvalue weighted by atomic mass is 10.0. The van der Waals surface area contributed by atoms with E-state index < -0.39 is 28.4 Å². The highest BCUT2D eigenvalue weighted by atomic mass is 32.1. The van der Waals surface area contributed by atoms with Gasteiger partial charge in [0, 0.05) is 5.69 Å². The number of thiocarbonyl (C=S) groups is 1. The maximum Gasteiger partial charge on any atom is 0.417 e. The van der Waals surface area contributed by atoms with Crippen molar-refractivity contribution in [3.05, 3.63) is 53.6 Å². The molecule has 1 heterocycles. The normalized spacial score (nSPS) is 17.4. The van der Waals surface area contributed by atoms with E-state index in [9.17, 15) is 23.5 Å². The molecule has 1 aliphatic rings. The molecule has 0 amide bonds. The van der Waals surface area contributed by atoms with Crippen LogP contribution in [0.4, 0.5) is 24.5 Å². The van der Waals surface area contributed by atoms with E-state index in [0.717, 1.165) is 12.1 Å². The fourth-order valence-electron chi connectivity index (χ4n) is 3.63. The Hall–Kier alpha value is -3.16. The van der Waals surface area contributed by atoms with Crippen LogP contribution in [0.15, 0.2) is 47.5 Å². The minimum atomic E-state index is -4.72. The van der Waals surface area contributed by atoms with Gasteiger partial charge < -0.3 is 14.7 Å². The third-order valence-corrected chi connectivity index (χ3v) is 5.57. The lowest BCUT2D eigenvalue weighted by Gasteiger charge is -2.31. The van der Waals surface area contributed by atoms with Gasteiger partial charge in [-0.15, -0.1) is 0 Å². The number of aromatic hydroxyl groups is 1. The number of nitriles is 1. The van der Waals surface area contributed by atoms with Crippen molar-refractivity contribution in [1.82, 2.24) is 0 Å². The minimum Gasteiger partial charge on any atom is -0.508 e. The second kappa shape index (κ2) is 8.89. The highest BCUT2D eigenvalue weighted by molar-refractivity contribution is 7.81. The lowest BCUT2D eigenvalue weighted by Crippen LogP contribution is -2.44. The third kappa shape index (κ3) is 5.00. The largest absolute Gasteiger partial charge is 0.508 e. The van der Waals surface area contributed by atoms with Gasteiger partial charge in [-0.2, -0.15) is 18.4 Å². The second-order valence-corrected chi connectivity index (χ2v) is 9.60. The summed E-state index contributed by atoms with van der Waals surface area (Å²) in [5.41, 5.74) is -2.13. The van der Waals surface area contributed by atoms with E-state index in [2.05, 4.69) is 4.99 Å². The standard InChI is InChI=1S/C24H25F3N4O2S/c1-22(2,3)33-14-29-20-23(4,5)31(16-8-10-18(32)11-9-16)21(34)30(20)17-7-6-15(13-28)19(12-17)24(25,26)27/h6-12,32H,14H2,1-5H3/b29-20+. The van der Waals surface area contributed by atoms with Crippen molar-refractivity contribution in [3.8, 4) is 11.8 Å². The first-order valence-corrected chi connectivity index (χ1v) is 10.8. The first kappa shape index (κ1) is 25.5. The Morgan fingerprint density at radius 2 is 1.68 bits per heavy atom. The van der Waals surface area contributed by atoms with E-state index in [0.29, 0.717) is 11.5 Å². The van der Waals surface area contributed by atoms with E-state index in [-0.39, 0.29) is 23.3 Å². The molecule has 34 heavy (non-hydrogen) atoms. The summed E-state index contributed by atoms with van der Waals surface area (Å²) in [6.07, 6.45) is -4.72. The highest BCUT2D eigenvalue weighted by Gasteiger charge is 2.49. The van der Waals surface area contributed by atoms with Crippen LogP contribution in [0.25, 0.3) is 0 Å². The van der Waals surface area contributed by atoms with Crippen molar-refractivity contribution in [2.75, 3.05) is 16.5 Å². The molecule has 0 aliphatic carbocycles. The maximum atomic E-state index is 13.7. The van der Waals surface area contributed by atoms with E-state index >= 15 is 0 Å². The molecule has 0 radical (unpaired) electrons. The zero-order valence-corrected chi connectivity index (χ0v) is 20.3. The van der Waals surface area contributed by atoms with Crippen LogP contribution < -0.4 is 9.80 Å². The molecule has 1 saturated heterocycles. The average Bonchev–Trinajstić information content (AvgIpc) is 2.92. The Morgan fingerprint density at radius 1 is 1.09 bits per heavy atom. The molecule has 0 atom stereocenters. The molecule has 6 nitrogen and oxygen atoms in total. The van der Waals surface area contributed by atoms with Crippen LogP contribution in [0.2, 0.25) is 0 Å². The van der Waals surface area contributed by atoms with Crippen molar-refractivity contribution in [2.45, 2.75) is 51.9 Å². The number of alkyl halides is 3. The minimum absolute atomic E-state index is 0.0345. The number of phenols is 1. The highest BCUT2D eigenvalue weighted by Crippen LogP contribution is 2.40. The SMILES string of the molecule is CC(C)(C)OC/N=C1/N(c2ccc(C#N)c(C(F)(F)F)c2)C(=S)N(c2ccc(O)cc2)C1(C)C.